The lowest BCUT2D eigenvalue weighted by Crippen LogP contribution is -2.63. The van der Waals surface area contributed by atoms with Gasteiger partial charge in [0, 0.05) is 6.07 Å². The summed E-state index contributed by atoms with van der Waals surface area (Å²) in [6.45, 7) is 9.19. The number of esters is 8. The second kappa shape index (κ2) is 35.8. The molecule has 0 saturated carbocycles. The minimum atomic E-state index is -2.67. The molecule has 0 aliphatic carbocycles. The summed E-state index contributed by atoms with van der Waals surface area (Å²) in [5.74, 6) is -6.20. The van der Waals surface area contributed by atoms with Gasteiger partial charge in [-0.05, 0) is 151 Å². The number of hydrogen-bond donors (Lipinski definition) is 0. The van der Waals surface area contributed by atoms with E-state index in [4.69, 9.17) is 61.3 Å². The fourth-order valence-corrected chi connectivity index (χ4v) is 12.6. The highest BCUT2D eigenvalue weighted by molar-refractivity contribution is 6.74. The van der Waals surface area contributed by atoms with E-state index >= 15 is 0 Å². The molecule has 0 bridgehead atoms. The van der Waals surface area contributed by atoms with E-state index in [1.54, 1.807) is 218 Å². The number of ether oxygens (including phenoxy) is 12. The first-order chi connectivity index (χ1) is 53.2. The molecule has 21 nitrogen and oxygen atoms in total. The molecular weight excluding hydrogens is 1420 g/mol. The van der Waals surface area contributed by atoms with Gasteiger partial charge in [0.2, 0.25) is 33.1 Å². The van der Waals surface area contributed by atoms with E-state index in [0.29, 0.717) is 16.9 Å². The van der Waals surface area contributed by atoms with Crippen LogP contribution >= 0.6 is 0 Å². The standard InChI is InChI=1S/C88H78O21Si/c1-88(2,3)110(4,5)109-69-53-58(52-68(54-69)100-87-77(108-85(96)66-44-28-13-29-45-66)75(106-83(94)64-40-24-11-25-41-64)73(104-81(92)62-36-20-9-21-37-62)71(102-87)56-98-79(90)60-32-16-7-17-33-60)47-46-57-48-50-67(51-49-57)99-86-76(107-84(95)65-42-26-12-27-43-65)74(105-82(93)63-38-22-10-23-39-63)72(103-80(91)61-34-18-8-19-35-61)70(101-86)55-97-78(89)59-30-14-6-15-31-59/h6-54,70-77,86-87H,55-56H2,1-5H3/b47-46+/t70-,71-,72-,73-,74+,75+,76-,77-,86-,87-/m1/s1. The van der Waals surface area contributed by atoms with E-state index < -0.39 is 131 Å². The predicted molar refractivity (Wildman–Crippen MR) is 406 cm³/mol. The molecular formula is C88H78O21Si. The fourth-order valence-electron chi connectivity index (χ4n) is 11.6. The molecule has 560 valence electrons. The van der Waals surface area contributed by atoms with Crippen molar-refractivity contribution in [3.8, 4) is 17.2 Å². The Kier molecular flexibility index (Phi) is 25.0. The Bertz CT molecular complexity index is 4820. The summed E-state index contributed by atoms with van der Waals surface area (Å²) in [7, 11) is -2.67. The molecule has 0 N–H and O–H groups in total. The average Bonchev–Trinajstić information content (AvgIpc) is 0.776. The lowest BCUT2D eigenvalue weighted by atomic mass is 9.97. The van der Waals surface area contributed by atoms with Gasteiger partial charge in [0.15, 0.2) is 24.4 Å². The number of carbonyl (C=O) groups excluding carboxylic acids is 8. The zero-order chi connectivity index (χ0) is 77.2. The predicted octanol–water partition coefficient (Wildman–Crippen LogP) is 15.5. The average molecular weight is 1500 g/mol. The van der Waals surface area contributed by atoms with Crippen molar-refractivity contribution < 1.29 is 99.6 Å². The van der Waals surface area contributed by atoms with Gasteiger partial charge >= 0.3 is 47.8 Å². The van der Waals surface area contributed by atoms with Gasteiger partial charge in [0.25, 0.3) is 0 Å². The van der Waals surface area contributed by atoms with Gasteiger partial charge in [0.1, 0.15) is 42.7 Å². The highest BCUT2D eigenvalue weighted by Gasteiger charge is 2.56. The quantitative estimate of drug-likeness (QED) is 0.0211. The number of benzene rings is 10. The molecule has 110 heavy (non-hydrogen) atoms. The van der Waals surface area contributed by atoms with Crippen LogP contribution in [0.5, 0.6) is 17.2 Å². The van der Waals surface area contributed by atoms with Crippen molar-refractivity contribution in [2.45, 2.75) is 100 Å². The third-order valence-corrected chi connectivity index (χ3v) is 22.8. The maximum Gasteiger partial charge on any atom is 0.338 e. The Morgan fingerprint density at radius 3 is 0.882 bits per heavy atom. The van der Waals surface area contributed by atoms with Gasteiger partial charge in [-0.25, -0.2) is 38.4 Å². The topological polar surface area (TPSA) is 257 Å². The molecule has 0 amide bonds. The first kappa shape index (κ1) is 76.9. The maximum absolute atomic E-state index is 14.5. The normalized spacial score (nSPS) is 19.6. The summed E-state index contributed by atoms with van der Waals surface area (Å²) < 4.78 is 83.6. The summed E-state index contributed by atoms with van der Waals surface area (Å²) in [5, 5.41) is -0.313. The van der Waals surface area contributed by atoms with Crippen LogP contribution in [0.2, 0.25) is 18.1 Å². The van der Waals surface area contributed by atoms with Crippen LogP contribution in [0.4, 0.5) is 0 Å². The molecule has 2 heterocycles. The maximum atomic E-state index is 14.5. The monoisotopic (exact) mass is 1500 g/mol. The molecule has 0 radical (unpaired) electrons. The van der Waals surface area contributed by atoms with Crippen molar-refractivity contribution in [3.63, 3.8) is 0 Å². The van der Waals surface area contributed by atoms with E-state index in [9.17, 15) is 38.4 Å². The van der Waals surface area contributed by atoms with Crippen LogP contribution in [-0.2, 0) is 47.4 Å². The van der Waals surface area contributed by atoms with Crippen LogP contribution in [-0.4, -0.2) is 131 Å². The summed E-state index contributed by atoms with van der Waals surface area (Å²) in [6.07, 6.45) is -12.9. The summed E-state index contributed by atoms with van der Waals surface area (Å²) >= 11 is 0. The zero-order valence-electron chi connectivity index (χ0n) is 60.6. The minimum absolute atomic E-state index is 0.0937. The number of rotatable bonds is 26. The second-order valence-corrected chi connectivity index (χ2v) is 31.9. The van der Waals surface area contributed by atoms with E-state index in [1.165, 1.54) is 72.8 Å². The van der Waals surface area contributed by atoms with Crippen molar-refractivity contribution in [2.24, 2.45) is 0 Å². The van der Waals surface area contributed by atoms with E-state index in [0.717, 1.165) is 0 Å². The van der Waals surface area contributed by atoms with Gasteiger partial charge in [0.05, 0.1) is 44.5 Å². The van der Waals surface area contributed by atoms with Gasteiger partial charge in [-0.1, -0.05) is 191 Å². The molecule has 2 aliphatic heterocycles. The summed E-state index contributed by atoms with van der Waals surface area (Å²) in [6, 6.07) is 76.2. The van der Waals surface area contributed by atoms with Crippen molar-refractivity contribution in [3.05, 3.63) is 341 Å². The van der Waals surface area contributed by atoms with Crippen molar-refractivity contribution in [2.75, 3.05) is 13.2 Å². The molecule has 22 heteroatoms. The Morgan fingerprint density at radius 2 is 0.573 bits per heavy atom. The van der Waals surface area contributed by atoms with Gasteiger partial charge < -0.3 is 61.3 Å². The Hall–Kier alpha value is -12.8. The third kappa shape index (κ3) is 19.9. The third-order valence-electron chi connectivity index (χ3n) is 18.4. The molecule has 2 aliphatic rings. The van der Waals surface area contributed by atoms with Gasteiger partial charge in [-0.2, -0.15) is 0 Å². The number of carbonyl (C=O) groups is 8. The fraction of sp³-hybridized carbons (Fsp3) is 0.205. The molecule has 2 fully saturated rings. The van der Waals surface area contributed by atoms with E-state index in [1.807, 2.05) is 6.07 Å². The Labute approximate surface area is 636 Å². The lowest BCUT2D eigenvalue weighted by molar-refractivity contribution is -0.275. The summed E-state index contributed by atoms with van der Waals surface area (Å²) in [5.41, 5.74) is 2.15. The van der Waals surface area contributed by atoms with Crippen LogP contribution < -0.4 is 13.9 Å². The van der Waals surface area contributed by atoms with Crippen LogP contribution in [0.1, 0.15) is 115 Å². The smallest absolute Gasteiger partial charge is 0.338 e. The van der Waals surface area contributed by atoms with Crippen molar-refractivity contribution >= 4 is 68.2 Å². The lowest BCUT2D eigenvalue weighted by Gasteiger charge is -2.44. The highest BCUT2D eigenvalue weighted by atomic mass is 28.4. The van der Waals surface area contributed by atoms with Crippen LogP contribution in [0, 0.1) is 0 Å². The first-order valence-corrected chi connectivity index (χ1v) is 38.4. The van der Waals surface area contributed by atoms with Gasteiger partial charge in [-0.15, -0.1) is 0 Å². The zero-order valence-corrected chi connectivity index (χ0v) is 61.6. The van der Waals surface area contributed by atoms with Gasteiger partial charge in [-0.3, -0.25) is 0 Å². The van der Waals surface area contributed by atoms with Crippen molar-refractivity contribution in [1.29, 1.82) is 0 Å². The number of hydrogen-bond acceptors (Lipinski definition) is 21. The summed E-state index contributed by atoms with van der Waals surface area (Å²) in [4.78, 5) is 114. The second-order valence-electron chi connectivity index (χ2n) is 27.2. The Morgan fingerprint density at radius 1 is 0.309 bits per heavy atom. The largest absolute Gasteiger partial charge is 0.543 e. The molecule has 10 aromatic rings. The molecule has 12 rings (SSSR count). The Balaban J connectivity index is 0.898. The van der Waals surface area contributed by atoms with E-state index in [-0.39, 0.29) is 61.0 Å². The van der Waals surface area contributed by atoms with Crippen LogP contribution in [0.3, 0.4) is 0 Å². The van der Waals surface area contributed by atoms with E-state index in [2.05, 4.69) is 33.9 Å². The molecule has 0 spiro atoms. The van der Waals surface area contributed by atoms with Crippen LogP contribution in [0.15, 0.2) is 285 Å². The molecule has 10 aromatic carbocycles. The highest BCUT2D eigenvalue weighted by Crippen LogP contribution is 2.41. The molecule has 0 aromatic heterocycles. The van der Waals surface area contributed by atoms with Crippen molar-refractivity contribution in [1.82, 2.24) is 0 Å². The molecule has 2 saturated heterocycles. The van der Waals surface area contributed by atoms with Crippen LogP contribution in [0.25, 0.3) is 12.2 Å². The molecule has 0 unspecified atom stereocenters. The first-order valence-electron chi connectivity index (χ1n) is 35.5. The SMILES string of the molecule is CC(C)(C)[Si](C)(C)Oc1cc(/C=C/c2ccc(O[C@@H]3O[C@H](COC(=O)c4ccccc4)[C@@H](OC(=O)c4ccccc4)[C@H](OC(=O)c4ccccc4)[C@H]3OC(=O)c3ccccc3)cc2)cc(O[C@@H]2O[C@H](COC(=O)c3ccccc3)[C@@H](OC(=O)c3ccccc3)[C@H](OC(=O)c3ccccc3)[C@H]2OC(=O)c2ccccc2)c1. The minimum Gasteiger partial charge on any atom is -0.543 e. The molecule has 10 atom stereocenters.